The fourth-order valence-electron chi connectivity index (χ4n) is 3.28. The van der Waals surface area contributed by atoms with E-state index in [2.05, 4.69) is 19.9 Å². The van der Waals surface area contributed by atoms with E-state index in [-0.39, 0.29) is 5.91 Å². The molecular weight excluding hydrogens is 426 g/mol. The Morgan fingerprint density at radius 3 is 2.72 bits per heavy atom. The zero-order valence-corrected chi connectivity index (χ0v) is 17.7. The van der Waals surface area contributed by atoms with E-state index in [4.69, 9.17) is 11.6 Å². The van der Waals surface area contributed by atoms with Gasteiger partial charge in [0.2, 0.25) is 0 Å². The van der Waals surface area contributed by atoms with E-state index in [9.17, 15) is 4.79 Å². The van der Waals surface area contributed by atoms with Crippen molar-refractivity contribution in [2.24, 2.45) is 0 Å². The zero-order chi connectivity index (χ0) is 19.8. The second-order valence-corrected chi connectivity index (χ2v) is 8.90. The maximum absolute atomic E-state index is 12.9. The topological polar surface area (TPSA) is 62.2 Å². The summed E-state index contributed by atoms with van der Waals surface area (Å²) in [5.74, 6) is -0.0276. The second-order valence-electron chi connectivity index (χ2n) is 6.65. The van der Waals surface area contributed by atoms with Gasteiger partial charge in [-0.15, -0.1) is 11.3 Å². The summed E-state index contributed by atoms with van der Waals surface area (Å²) in [5.41, 5.74) is 2.33. The predicted molar refractivity (Wildman–Crippen MR) is 118 cm³/mol. The quantitative estimate of drug-likeness (QED) is 0.470. The van der Waals surface area contributed by atoms with E-state index in [0.29, 0.717) is 23.8 Å². The minimum Gasteiger partial charge on any atom is -0.344 e. The third-order valence-corrected chi connectivity index (χ3v) is 6.95. The first-order chi connectivity index (χ1) is 14.2. The highest BCUT2D eigenvalue weighted by atomic mass is 35.5. The molecule has 4 aromatic rings. The van der Waals surface area contributed by atoms with Gasteiger partial charge in [0, 0.05) is 48.3 Å². The second kappa shape index (κ2) is 7.70. The van der Waals surface area contributed by atoms with Crippen molar-refractivity contribution in [2.45, 2.75) is 0 Å². The first-order valence-corrected chi connectivity index (χ1v) is 11.2. The molecular formula is C20H16ClN5OS2. The molecule has 1 amide bonds. The van der Waals surface area contributed by atoms with Gasteiger partial charge in [0.1, 0.15) is 21.0 Å². The molecule has 6 nitrogen and oxygen atoms in total. The van der Waals surface area contributed by atoms with Gasteiger partial charge in [0.25, 0.3) is 5.91 Å². The predicted octanol–water partition coefficient (Wildman–Crippen LogP) is 4.43. The number of anilines is 1. The standard InChI is InChI=1S/C20H16ClN5OS2/c21-14-4-1-3-13(11-14)17-23-16(12-28-17)19(27)25-7-9-26(10-8-25)20-24-15-5-2-6-22-18(15)29-20/h1-6,11-12H,7-10H2. The number of halogens is 1. The molecule has 0 unspecified atom stereocenters. The van der Waals surface area contributed by atoms with Crippen LogP contribution in [0.4, 0.5) is 5.13 Å². The van der Waals surface area contributed by atoms with Crippen LogP contribution in [0.3, 0.4) is 0 Å². The van der Waals surface area contributed by atoms with Gasteiger partial charge in [-0.1, -0.05) is 35.1 Å². The van der Waals surface area contributed by atoms with Crippen LogP contribution in [0.15, 0.2) is 48.0 Å². The van der Waals surface area contributed by atoms with Crippen LogP contribution in [0.5, 0.6) is 0 Å². The lowest BCUT2D eigenvalue weighted by Crippen LogP contribution is -2.48. The minimum absolute atomic E-state index is 0.0276. The molecule has 1 aromatic carbocycles. The van der Waals surface area contributed by atoms with Crippen LogP contribution in [0.1, 0.15) is 10.5 Å². The smallest absolute Gasteiger partial charge is 0.273 e. The molecule has 0 bridgehead atoms. The minimum atomic E-state index is -0.0276. The summed E-state index contributed by atoms with van der Waals surface area (Å²) in [6, 6.07) is 11.4. The van der Waals surface area contributed by atoms with Gasteiger partial charge in [-0.2, -0.15) is 0 Å². The molecule has 1 fully saturated rings. The van der Waals surface area contributed by atoms with Gasteiger partial charge in [-0.3, -0.25) is 4.79 Å². The first-order valence-electron chi connectivity index (χ1n) is 9.14. The Balaban J connectivity index is 1.26. The van der Waals surface area contributed by atoms with Crippen LogP contribution in [-0.4, -0.2) is 51.9 Å². The molecule has 5 rings (SSSR count). The summed E-state index contributed by atoms with van der Waals surface area (Å²) in [6.07, 6.45) is 1.78. The molecule has 9 heteroatoms. The summed E-state index contributed by atoms with van der Waals surface area (Å²) in [7, 11) is 0. The third-order valence-electron chi connectivity index (χ3n) is 4.79. The highest BCUT2D eigenvalue weighted by molar-refractivity contribution is 7.21. The molecule has 1 aliphatic heterocycles. The first kappa shape index (κ1) is 18.5. The Morgan fingerprint density at radius 2 is 1.93 bits per heavy atom. The summed E-state index contributed by atoms with van der Waals surface area (Å²) >= 11 is 9.12. The number of hydrogen-bond acceptors (Lipinski definition) is 7. The number of benzene rings is 1. The molecule has 0 saturated carbocycles. The number of hydrogen-bond donors (Lipinski definition) is 0. The Labute approximate surface area is 180 Å². The monoisotopic (exact) mass is 441 g/mol. The van der Waals surface area contributed by atoms with Crippen LogP contribution >= 0.6 is 34.3 Å². The van der Waals surface area contributed by atoms with Crippen LogP contribution in [0.25, 0.3) is 20.9 Å². The number of carbonyl (C=O) groups excluding carboxylic acids is 1. The van der Waals surface area contributed by atoms with Crippen LogP contribution in [0.2, 0.25) is 5.02 Å². The number of fused-ring (bicyclic) bond motifs is 1. The number of thiazole rings is 2. The van der Waals surface area contributed by atoms with Crippen molar-refractivity contribution in [3.63, 3.8) is 0 Å². The van der Waals surface area contributed by atoms with Gasteiger partial charge in [0.15, 0.2) is 5.13 Å². The number of piperazine rings is 1. The van der Waals surface area contributed by atoms with Crippen molar-refractivity contribution >= 4 is 55.7 Å². The van der Waals surface area contributed by atoms with Gasteiger partial charge in [-0.05, 0) is 24.3 Å². The maximum Gasteiger partial charge on any atom is 0.273 e. The highest BCUT2D eigenvalue weighted by Crippen LogP contribution is 2.29. The van der Waals surface area contributed by atoms with E-state index in [1.807, 2.05) is 46.7 Å². The van der Waals surface area contributed by atoms with E-state index in [1.165, 1.54) is 11.3 Å². The molecule has 0 N–H and O–H groups in total. The largest absolute Gasteiger partial charge is 0.344 e. The van der Waals surface area contributed by atoms with Gasteiger partial charge >= 0.3 is 0 Å². The molecule has 0 spiro atoms. The third kappa shape index (κ3) is 3.71. The fourth-order valence-corrected chi connectivity index (χ4v) is 5.22. The Hall–Kier alpha value is -2.55. The number of carbonyl (C=O) groups is 1. The molecule has 3 aromatic heterocycles. The normalized spacial score (nSPS) is 14.5. The van der Waals surface area contributed by atoms with E-state index in [0.717, 1.165) is 39.1 Å². The van der Waals surface area contributed by atoms with E-state index in [1.54, 1.807) is 17.5 Å². The van der Waals surface area contributed by atoms with Gasteiger partial charge in [0.05, 0.1) is 0 Å². The van der Waals surface area contributed by atoms with Gasteiger partial charge < -0.3 is 9.80 Å². The van der Waals surface area contributed by atoms with E-state index >= 15 is 0 Å². The number of aromatic nitrogens is 3. The lowest BCUT2D eigenvalue weighted by atomic mass is 10.2. The zero-order valence-electron chi connectivity index (χ0n) is 15.3. The summed E-state index contributed by atoms with van der Waals surface area (Å²) in [6.45, 7) is 2.78. The fraction of sp³-hybridized carbons (Fsp3) is 0.200. The average Bonchev–Trinajstić information content (AvgIpc) is 3.41. The lowest BCUT2D eigenvalue weighted by molar-refractivity contribution is 0.0742. The number of rotatable bonds is 3. The lowest BCUT2D eigenvalue weighted by Gasteiger charge is -2.34. The Kier molecular flexibility index (Phi) is 4.91. The van der Waals surface area contributed by atoms with Crippen LogP contribution in [-0.2, 0) is 0 Å². The van der Waals surface area contributed by atoms with E-state index < -0.39 is 0 Å². The SMILES string of the molecule is O=C(c1csc(-c2cccc(Cl)c2)n1)N1CCN(c2nc3cccnc3s2)CC1. The molecule has 0 aliphatic carbocycles. The van der Waals surface area contributed by atoms with Crippen molar-refractivity contribution in [3.05, 3.63) is 58.7 Å². The van der Waals surface area contributed by atoms with Crippen molar-refractivity contribution in [1.82, 2.24) is 19.9 Å². The van der Waals surface area contributed by atoms with Gasteiger partial charge in [-0.25, -0.2) is 15.0 Å². The highest BCUT2D eigenvalue weighted by Gasteiger charge is 2.25. The molecule has 146 valence electrons. The molecule has 4 heterocycles. The summed E-state index contributed by atoms with van der Waals surface area (Å²) < 4.78 is 0. The number of amides is 1. The number of nitrogens with zero attached hydrogens (tertiary/aromatic N) is 5. The molecule has 29 heavy (non-hydrogen) atoms. The number of pyridine rings is 1. The maximum atomic E-state index is 12.9. The summed E-state index contributed by atoms with van der Waals surface area (Å²) in [4.78, 5) is 31.5. The molecule has 0 radical (unpaired) electrons. The Bertz CT molecular complexity index is 1150. The average molecular weight is 442 g/mol. The molecule has 1 saturated heterocycles. The van der Waals surface area contributed by atoms with Crippen LogP contribution < -0.4 is 4.90 Å². The van der Waals surface area contributed by atoms with Crippen molar-refractivity contribution in [3.8, 4) is 10.6 Å². The summed E-state index contributed by atoms with van der Waals surface area (Å²) in [5, 5.41) is 4.25. The van der Waals surface area contributed by atoms with Crippen LogP contribution in [0, 0.1) is 0 Å². The van der Waals surface area contributed by atoms with Crippen molar-refractivity contribution in [2.75, 3.05) is 31.1 Å². The molecule has 0 atom stereocenters. The Morgan fingerprint density at radius 1 is 1.07 bits per heavy atom. The van der Waals surface area contributed by atoms with Crippen molar-refractivity contribution in [1.29, 1.82) is 0 Å². The van der Waals surface area contributed by atoms with Crippen molar-refractivity contribution < 1.29 is 4.79 Å². The molecule has 1 aliphatic rings.